The number of benzene rings is 1. The van der Waals surface area contributed by atoms with Crippen molar-refractivity contribution < 1.29 is 111 Å². The van der Waals surface area contributed by atoms with Crippen LogP contribution in [0.25, 0.3) is 0 Å². The summed E-state index contributed by atoms with van der Waals surface area (Å²) in [5.41, 5.74) is 0. The Hall–Kier alpha value is -0.364. The molecular formula is C44H83KO24S2. The number of para-hydroxylation sites is 2. The van der Waals surface area contributed by atoms with Crippen molar-refractivity contribution in [1.29, 1.82) is 0 Å². The molecule has 0 aliphatic rings. The zero-order valence-electron chi connectivity index (χ0n) is 40.9. The van der Waals surface area contributed by atoms with E-state index in [1.165, 1.54) is 0 Å². The molecule has 0 heterocycles. The van der Waals surface area contributed by atoms with E-state index < -0.39 is 20.2 Å². The van der Waals surface area contributed by atoms with Crippen molar-refractivity contribution in [1.82, 2.24) is 0 Å². The number of rotatable bonds is 58. The molecule has 0 fully saturated rings. The molecule has 1 rings (SSSR count). The average molecular weight is 1100 g/mol. The van der Waals surface area contributed by atoms with E-state index >= 15 is 0 Å². The van der Waals surface area contributed by atoms with Crippen molar-refractivity contribution >= 4 is 71.6 Å². The van der Waals surface area contributed by atoms with Gasteiger partial charge in [0.2, 0.25) is 0 Å². The van der Waals surface area contributed by atoms with Crippen LogP contribution in [0.1, 0.15) is 12.8 Å². The van der Waals surface area contributed by atoms with Gasteiger partial charge < -0.3 is 85.3 Å². The van der Waals surface area contributed by atoms with Crippen LogP contribution in [0.15, 0.2) is 24.3 Å². The summed E-state index contributed by atoms with van der Waals surface area (Å²) >= 11 is 0. The molecule has 0 bridgehead atoms. The van der Waals surface area contributed by atoms with Crippen molar-refractivity contribution in [3.8, 4) is 11.5 Å². The third-order valence-electron chi connectivity index (χ3n) is 8.41. The summed E-state index contributed by atoms with van der Waals surface area (Å²) in [5.74, 6) is 0.617. The molecule has 0 radical (unpaired) electrons. The molecule has 27 heteroatoms. The zero-order valence-corrected chi connectivity index (χ0v) is 42.5. The van der Waals surface area contributed by atoms with E-state index in [9.17, 15) is 16.8 Å². The van der Waals surface area contributed by atoms with Gasteiger partial charge in [0.1, 0.15) is 13.2 Å². The molecule has 0 spiro atoms. The third kappa shape index (κ3) is 57.2. The molecule has 71 heavy (non-hydrogen) atoms. The first-order chi connectivity index (χ1) is 34.2. The van der Waals surface area contributed by atoms with Crippen LogP contribution in [0.5, 0.6) is 11.5 Å². The molecule has 0 aliphatic carbocycles. The van der Waals surface area contributed by atoms with Crippen molar-refractivity contribution in [2.45, 2.75) is 12.8 Å². The SMILES string of the molecule is O=S(=O)(O)CCCOCCOCCOCCOCCOCCOCCOCCOCCOc1ccccc1OCCOCCOCCOCCOCCOCCOCCOCCOCCCS(=O)(=O)O.[KH]. The summed E-state index contributed by atoms with van der Waals surface area (Å²) in [4.78, 5) is 0. The molecule has 0 aromatic heterocycles. The fourth-order valence-corrected chi connectivity index (χ4v) is 6.04. The van der Waals surface area contributed by atoms with Gasteiger partial charge >= 0.3 is 51.4 Å². The summed E-state index contributed by atoms with van der Waals surface area (Å²) in [7, 11) is -7.88. The Bertz CT molecular complexity index is 1360. The van der Waals surface area contributed by atoms with Crippen LogP contribution in [0.2, 0.25) is 0 Å². The Labute approximate surface area is 464 Å². The van der Waals surface area contributed by atoms with E-state index in [0.717, 1.165) is 0 Å². The summed E-state index contributed by atoms with van der Waals surface area (Å²) in [6, 6.07) is 7.43. The first kappa shape index (κ1) is 70.6. The normalized spacial score (nSPS) is 11.9. The van der Waals surface area contributed by atoms with Crippen LogP contribution < -0.4 is 9.47 Å². The minimum atomic E-state index is -3.94. The summed E-state index contributed by atoms with van der Waals surface area (Å²) in [6.45, 7) is 14.0. The molecule has 0 amide bonds. The van der Waals surface area contributed by atoms with Gasteiger partial charge in [0.15, 0.2) is 11.5 Å². The van der Waals surface area contributed by atoms with Gasteiger partial charge in [-0.1, -0.05) is 12.1 Å². The van der Waals surface area contributed by atoms with Gasteiger partial charge in [0.05, 0.1) is 210 Å². The molecule has 1 aromatic rings. The van der Waals surface area contributed by atoms with Crippen LogP contribution in [-0.4, -0.2) is 313 Å². The molecule has 24 nitrogen and oxygen atoms in total. The van der Waals surface area contributed by atoms with Crippen LogP contribution in [0.3, 0.4) is 0 Å². The fraction of sp³-hybridized carbons (Fsp3) is 0.864. The maximum atomic E-state index is 10.6. The summed E-state index contributed by atoms with van der Waals surface area (Å²) < 4.78 is 159. The van der Waals surface area contributed by atoms with Gasteiger partial charge in [-0.3, -0.25) is 9.11 Å². The minimum absolute atomic E-state index is 0. The molecule has 1 aromatic carbocycles. The van der Waals surface area contributed by atoms with Gasteiger partial charge in [-0.2, -0.15) is 16.8 Å². The predicted octanol–water partition coefficient (Wildman–Crippen LogP) is 0.617. The molecule has 0 saturated heterocycles. The molecule has 416 valence electrons. The number of hydrogen-bond acceptors (Lipinski definition) is 22. The number of hydrogen-bond donors (Lipinski definition) is 2. The van der Waals surface area contributed by atoms with E-state index in [1.807, 2.05) is 24.3 Å². The predicted molar refractivity (Wildman–Crippen MR) is 260 cm³/mol. The Morgan fingerprint density at radius 1 is 0.268 bits per heavy atom. The van der Waals surface area contributed by atoms with Crippen molar-refractivity contribution in [2.24, 2.45) is 0 Å². The van der Waals surface area contributed by atoms with Gasteiger partial charge in [-0.05, 0) is 25.0 Å². The van der Waals surface area contributed by atoms with Crippen molar-refractivity contribution in [2.75, 3.05) is 236 Å². The monoisotopic (exact) mass is 1100 g/mol. The van der Waals surface area contributed by atoms with Gasteiger partial charge in [-0.15, -0.1) is 0 Å². The first-order valence-corrected chi connectivity index (χ1v) is 26.9. The van der Waals surface area contributed by atoms with Gasteiger partial charge in [0.25, 0.3) is 20.2 Å². The Balaban J connectivity index is 0.0000490. The van der Waals surface area contributed by atoms with E-state index in [-0.39, 0.29) is 88.9 Å². The van der Waals surface area contributed by atoms with Crippen molar-refractivity contribution in [3.63, 3.8) is 0 Å². The van der Waals surface area contributed by atoms with E-state index in [1.54, 1.807) is 0 Å². The maximum absolute atomic E-state index is 10.6. The zero-order chi connectivity index (χ0) is 50.6. The second kappa shape index (κ2) is 54.4. The van der Waals surface area contributed by atoms with Crippen LogP contribution >= 0.6 is 0 Å². The fourth-order valence-electron chi connectivity index (χ4n) is 5.08. The van der Waals surface area contributed by atoms with Crippen LogP contribution in [0, 0.1) is 0 Å². The summed E-state index contributed by atoms with van der Waals surface area (Å²) in [6.07, 6.45) is 0.471. The van der Waals surface area contributed by atoms with E-state index in [4.69, 9.17) is 94.4 Å². The first-order valence-electron chi connectivity index (χ1n) is 23.7. The quantitative estimate of drug-likeness (QED) is 0.0514. The average Bonchev–Trinajstić information content (AvgIpc) is 3.33. The standard InChI is InChI=1S/C44H82O24S2.K.H/c45-69(46,47)41-3-7-51-9-11-53-13-15-55-17-19-57-21-23-59-25-27-61-29-31-63-33-35-65-37-39-67-43-5-1-2-6-44(43)68-40-38-66-36-34-64-32-30-62-28-26-60-24-22-58-20-18-56-16-14-54-12-10-52-8-4-42-70(48,49)50;;/h1-2,5-6H,3-4,7-42H2,(H,45,46,47)(H,48,49,50);;. The van der Waals surface area contributed by atoms with Gasteiger partial charge in [0, 0.05) is 13.2 Å². The third-order valence-corrected chi connectivity index (χ3v) is 10.0. The second-order valence-corrected chi connectivity index (χ2v) is 17.4. The Morgan fingerprint density at radius 2 is 0.423 bits per heavy atom. The van der Waals surface area contributed by atoms with E-state index in [2.05, 4.69) is 0 Å². The molecular weight excluding hydrogens is 1020 g/mol. The molecule has 0 saturated carbocycles. The topological polar surface area (TPSA) is 275 Å². The van der Waals surface area contributed by atoms with E-state index in [0.29, 0.717) is 223 Å². The van der Waals surface area contributed by atoms with Crippen molar-refractivity contribution in [3.05, 3.63) is 24.3 Å². The molecule has 0 aliphatic heterocycles. The van der Waals surface area contributed by atoms with Crippen LogP contribution in [0.4, 0.5) is 0 Å². The van der Waals surface area contributed by atoms with Crippen LogP contribution in [-0.2, 0) is 96.0 Å². The number of ether oxygens (including phenoxy) is 18. The molecule has 0 atom stereocenters. The molecule has 2 N–H and O–H groups in total. The Morgan fingerprint density at radius 3 is 0.592 bits per heavy atom. The summed E-state index contributed by atoms with van der Waals surface area (Å²) in [5, 5.41) is 0. The van der Waals surface area contributed by atoms with Gasteiger partial charge in [-0.25, -0.2) is 0 Å². The Kier molecular flexibility index (Phi) is 54.1. The second-order valence-electron chi connectivity index (χ2n) is 14.2. The molecule has 0 unspecified atom stereocenters.